The lowest BCUT2D eigenvalue weighted by Gasteiger charge is -2.35. The normalized spacial score (nSPS) is 18.5. The Morgan fingerprint density at radius 2 is 1.64 bits per heavy atom. The SMILES string of the molecule is COc1ccc(-c2nc(C(=O)N3CCN(CCN4CCCC4)CC3)cs2)cc1. The van der Waals surface area contributed by atoms with E-state index in [-0.39, 0.29) is 5.91 Å². The highest BCUT2D eigenvalue weighted by atomic mass is 32.1. The molecule has 0 atom stereocenters. The van der Waals surface area contributed by atoms with Gasteiger partial charge in [-0.05, 0) is 50.2 Å². The number of carbonyl (C=O) groups excluding carboxylic acids is 1. The highest BCUT2D eigenvalue weighted by molar-refractivity contribution is 7.13. The van der Waals surface area contributed by atoms with Crippen molar-refractivity contribution in [3.05, 3.63) is 35.3 Å². The molecule has 4 rings (SSSR count). The van der Waals surface area contributed by atoms with Crippen molar-refractivity contribution in [2.45, 2.75) is 12.8 Å². The molecule has 0 unspecified atom stereocenters. The number of carbonyl (C=O) groups is 1. The number of rotatable bonds is 6. The first-order chi connectivity index (χ1) is 13.7. The number of benzene rings is 1. The van der Waals surface area contributed by atoms with Crippen molar-refractivity contribution in [3.63, 3.8) is 0 Å². The summed E-state index contributed by atoms with van der Waals surface area (Å²) in [7, 11) is 1.65. The van der Waals surface area contributed by atoms with Crippen LogP contribution >= 0.6 is 11.3 Å². The molecule has 0 bridgehead atoms. The van der Waals surface area contributed by atoms with Crippen molar-refractivity contribution in [2.75, 3.05) is 59.5 Å². The van der Waals surface area contributed by atoms with Crippen LogP contribution in [-0.2, 0) is 0 Å². The van der Waals surface area contributed by atoms with Gasteiger partial charge in [0.05, 0.1) is 7.11 Å². The van der Waals surface area contributed by atoms with Crippen molar-refractivity contribution < 1.29 is 9.53 Å². The molecular weight excluding hydrogens is 372 g/mol. The summed E-state index contributed by atoms with van der Waals surface area (Å²) in [5.74, 6) is 0.870. The van der Waals surface area contributed by atoms with Crippen LogP contribution in [0.4, 0.5) is 0 Å². The number of hydrogen-bond acceptors (Lipinski definition) is 6. The summed E-state index contributed by atoms with van der Waals surface area (Å²) in [6.45, 7) is 8.25. The second kappa shape index (κ2) is 9.03. The van der Waals surface area contributed by atoms with E-state index >= 15 is 0 Å². The van der Waals surface area contributed by atoms with Gasteiger partial charge >= 0.3 is 0 Å². The summed E-state index contributed by atoms with van der Waals surface area (Å²) >= 11 is 1.52. The first kappa shape index (κ1) is 19.4. The fraction of sp³-hybridized carbons (Fsp3) is 0.524. The van der Waals surface area contributed by atoms with Gasteiger partial charge in [0, 0.05) is 50.2 Å². The van der Waals surface area contributed by atoms with Gasteiger partial charge in [0.15, 0.2) is 0 Å². The maximum Gasteiger partial charge on any atom is 0.273 e. The molecule has 6 nitrogen and oxygen atoms in total. The third kappa shape index (κ3) is 4.54. The number of nitrogens with zero attached hydrogens (tertiary/aromatic N) is 4. The number of aromatic nitrogens is 1. The highest BCUT2D eigenvalue weighted by Crippen LogP contribution is 2.26. The van der Waals surface area contributed by atoms with Crippen LogP contribution in [0.2, 0.25) is 0 Å². The molecule has 0 radical (unpaired) electrons. The maximum atomic E-state index is 12.8. The Bertz CT molecular complexity index is 778. The molecule has 1 amide bonds. The van der Waals surface area contributed by atoms with Crippen LogP contribution in [0.25, 0.3) is 10.6 Å². The average molecular weight is 401 g/mol. The van der Waals surface area contributed by atoms with Crippen LogP contribution in [0.3, 0.4) is 0 Å². The zero-order chi connectivity index (χ0) is 19.3. The van der Waals surface area contributed by atoms with Crippen LogP contribution in [0, 0.1) is 0 Å². The van der Waals surface area contributed by atoms with Gasteiger partial charge in [0.1, 0.15) is 16.5 Å². The van der Waals surface area contributed by atoms with Crippen LogP contribution in [0.15, 0.2) is 29.6 Å². The average Bonchev–Trinajstić information content (AvgIpc) is 3.44. The molecule has 1 aromatic heterocycles. The van der Waals surface area contributed by atoms with Gasteiger partial charge in [-0.1, -0.05) is 0 Å². The van der Waals surface area contributed by atoms with Gasteiger partial charge in [-0.2, -0.15) is 0 Å². The Morgan fingerprint density at radius 1 is 1.00 bits per heavy atom. The zero-order valence-corrected chi connectivity index (χ0v) is 17.3. The molecule has 2 aromatic rings. The van der Waals surface area contributed by atoms with Gasteiger partial charge in [-0.3, -0.25) is 9.69 Å². The fourth-order valence-electron chi connectivity index (χ4n) is 3.86. The number of likely N-dealkylation sites (tertiary alicyclic amines) is 1. The van der Waals surface area contributed by atoms with E-state index in [1.807, 2.05) is 34.5 Å². The smallest absolute Gasteiger partial charge is 0.273 e. The molecule has 2 aliphatic rings. The molecule has 1 aromatic carbocycles. The third-order valence-electron chi connectivity index (χ3n) is 5.65. The molecule has 3 heterocycles. The predicted molar refractivity (Wildman–Crippen MR) is 112 cm³/mol. The number of methoxy groups -OCH3 is 1. The summed E-state index contributed by atoms with van der Waals surface area (Å²) in [6, 6.07) is 7.79. The molecule has 2 fully saturated rings. The lowest BCUT2D eigenvalue weighted by atomic mass is 10.2. The predicted octanol–water partition coefficient (Wildman–Crippen LogP) is 2.67. The number of hydrogen-bond donors (Lipinski definition) is 0. The van der Waals surface area contributed by atoms with Crippen molar-refractivity contribution in [1.29, 1.82) is 0 Å². The van der Waals surface area contributed by atoms with Crippen molar-refractivity contribution in [2.24, 2.45) is 0 Å². The number of thiazole rings is 1. The molecule has 150 valence electrons. The minimum Gasteiger partial charge on any atom is -0.497 e. The molecule has 28 heavy (non-hydrogen) atoms. The van der Waals surface area contributed by atoms with Gasteiger partial charge in [-0.15, -0.1) is 11.3 Å². The maximum absolute atomic E-state index is 12.8. The van der Waals surface area contributed by atoms with Crippen molar-refractivity contribution >= 4 is 17.2 Å². The first-order valence-corrected chi connectivity index (χ1v) is 10.9. The molecule has 0 saturated carbocycles. The van der Waals surface area contributed by atoms with Crippen LogP contribution < -0.4 is 4.74 Å². The third-order valence-corrected chi connectivity index (χ3v) is 6.54. The lowest BCUT2D eigenvalue weighted by molar-refractivity contribution is 0.0622. The van der Waals surface area contributed by atoms with Crippen LogP contribution in [0.5, 0.6) is 5.75 Å². The fourth-order valence-corrected chi connectivity index (χ4v) is 4.66. The Labute approximate surface area is 170 Å². The Hall–Kier alpha value is -1.96. The van der Waals surface area contributed by atoms with E-state index in [9.17, 15) is 4.79 Å². The van der Waals surface area contributed by atoms with Gasteiger partial charge in [0.25, 0.3) is 5.91 Å². The first-order valence-electron chi connectivity index (χ1n) is 10.1. The molecular formula is C21H28N4O2S. The van der Waals surface area contributed by atoms with Gasteiger partial charge in [-0.25, -0.2) is 4.98 Å². The Morgan fingerprint density at radius 3 is 2.29 bits per heavy atom. The van der Waals surface area contributed by atoms with E-state index in [4.69, 9.17) is 4.74 Å². The minimum atomic E-state index is 0.0511. The van der Waals surface area contributed by atoms with Crippen molar-refractivity contribution in [1.82, 2.24) is 19.7 Å². The number of ether oxygens (including phenoxy) is 1. The van der Waals surface area contributed by atoms with E-state index in [0.29, 0.717) is 5.69 Å². The van der Waals surface area contributed by atoms with Gasteiger partial charge < -0.3 is 14.5 Å². The van der Waals surface area contributed by atoms with E-state index in [0.717, 1.165) is 55.6 Å². The summed E-state index contributed by atoms with van der Waals surface area (Å²) in [6.07, 6.45) is 2.68. The number of amides is 1. The van der Waals surface area contributed by atoms with E-state index in [2.05, 4.69) is 14.8 Å². The molecule has 0 N–H and O–H groups in total. The van der Waals surface area contributed by atoms with E-state index < -0.39 is 0 Å². The topological polar surface area (TPSA) is 48.9 Å². The lowest BCUT2D eigenvalue weighted by Crippen LogP contribution is -2.50. The summed E-state index contributed by atoms with van der Waals surface area (Å²) in [4.78, 5) is 24.4. The van der Waals surface area contributed by atoms with Gasteiger partial charge in [0.2, 0.25) is 0 Å². The van der Waals surface area contributed by atoms with Crippen LogP contribution in [-0.4, -0.2) is 85.1 Å². The summed E-state index contributed by atoms with van der Waals surface area (Å²) in [5.41, 5.74) is 1.57. The number of piperazine rings is 1. The van der Waals surface area contributed by atoms with Crippen LogP contribution in [0.1, 0.15) is 23.3 Å². The molecule has 2 aliphatic heterocycles. The summed E-state index contributed by atoms with van der Waals surface area (Å²) < 4.78 is 5.20. The second-order valence-electron chi connectivity index (χ2n) is 7.45. The van der Waals surface area contributed by atoms with E-state index in [1.165, 1.54) is 37.3 Å². The Kier molecular flexibility index (Phi) is 6.24. The second-order valence-corrected chi connectivity index (χ2v) is 8.31. The largest absolute Gasteiger partial charge is 0.497 e. The molecule has 0 spiro atoms. The summed E-state index contributed by atoms with van der Waals surface area (Å²) in [5, 5.41) is 2.75. The molecule has 2 saturated heterocycles. The molecule has 7 heteroatoms. The van der Waals surface area contributed by atoms with Crippen molar-refractivity contribution in [3.8, 4) is 16.3 Å². The molecule has 0 aliphatic carbocycles. The highest BCUT2D eigenvalue weighted by Gasteiger charge is 2.24. The Balaban J connectivity index is 1.29. The minimum absolute atomic E-state index is 0.0511. The standard InChI is InChI=1S/C21H28N4O2S/c1-27-18-6-4-17(5-7-18)20-22-19(16-28-20)21(26)25-14-12-24(13-15-25)11-10-23-8-2-3-9-23/h4-7,16H,2-3,8-15H2,1H3. The zero-order valence-electron chi connectivity index (χ0n) is 16.5. The monoisotopic (exact) mass is 400 g/mol. The quantitative estimate of drug-likeness (QED) is 0.746. The van der Waals surface area contributed by atoms with E-state index in [1.54, 1.807) is 7.11 Å².